The van der Waals surface area contributed by atoms with Crippen molar-refractivity contribution in [2.45, 2.75) is 217 Å². The molecule has 9 nitrogen and oxygen atoms in total. The lowest BCUT2D eigenvalue weighted by Crippen LogP contribution is -2.55. The van der Waals surface area contributed by atoms with E-state index in [0.29, 0.717) is 58.3 Å². The van der Waals surface area contributed by atoms with Crippen LogP contribution in [0.5, 0.6) is 11.5 Å². The van der Waals surface area contributed by atoms with E-state index in [1.807, 2.05) is 47.4 Å². The van der Waals surface area contributed by atoms with E-state index in [2.05, 4.69) is 42.6 Å². The molecular formula is C55H82N2O7. The molecule has 64 heavy (non-hydrogen) atoms. The summed E-state index contributed by atoms with van der Waals surface area (Å²) in [4.78, 5) is 28.8. The van der Waals surface area contributed by atoms with Crippen LogP contribution in [0.3, 0.4) is 0 Å². The summed E-state index contributed by atoms with van der Waals surface area (Å²) in [6.45, 7) is 3.72. The Morgan fingerprint density at radius 2 is 1.20 bits per heavy atom. The molecule has 5 atom stereocenters. The van der Waals surface area contributed by atoms with Gasteiger partial charge in [0.15, 0.2) is 0 Å². The normalized spacial score (nSPS) is 17.3. The van der Waals surface area contributed by atoms with Gasteiger partial charge in [-0.3, -0.25) is 9.59 Å². The smallest absolute Gasteiger partial charge is 0.245 e. The SMILES string of the molecule is CCCCCCCCCC[C@H](O)[C@@H](O)CC[C@@H](O)CCCCCCCCCCCCC(=O)N[C@H]1CC[C@@H]2c3c(cc(OCc4ccccc4)cc3OCc3ccccc3)CCN2C1=O. The standard InChI is InChI=1S/C55H82N2O7/c1-2-3-4-5-6-12-15-24-31-50(59)51(60)36-33-46(58)30-23-14-11-9-7-8-10-13-16-25-32-53(61)56-48-34-35-49-54-45(37-38-57(49)55(48)62)39-47(63-41-43-26-19-17-20-27-43)40-52(54)64-42-44-28-21-18-22-29-44/h17-22,26-29,39-40,46,48-51,58-60H,2-16,23-25,30-38,41-42H2,1H3,(H,56,61)/t46-,48-,49+,50-,51-/m0/s1. The van der Waals surface area contributed by atoms with Gasteiger partial charge in [0.1, 0.15) is 30.8 Å². The lowest BCUT2D eigenvalue weighted by atomic mass is 9.84. The van der Waals surface area contributed by atoms with Crippen LogP contribution >= 0.6 is 0 Å². The number of hydrogen-bond acceptors (Lipinski definition) is 7. The van der Waals surface area contributed by atoms with Crippen molar-refractivity contribution in [1.82, 2.24) is 10.2 Å². The number of nitrogens with one attached hydrogen (secondary N) is 1. The van der Waals surface area contributed by atoms with Crippen LogP contribution in [-0.4, -0.2) is 62.9 Å². The van der Waals surface area contributed by atoms with Crippen LogP contribution in [0.25, 0.3) is 0 Å². The van der Waals surface area contributed by atoms with Crippen LogP contribution in [0.4, 0.5) is 0 Å². The summed E-state index contributed by atoms with van der Waals surface area (Å²) in [5.74, 6) is 1.49. The van der Waals surface area contributed by atoms with Gasteiger partial charge in [-0.1, -0.05) is 177 Å². The second-order valence-corrected chi connectivity index (χ2v) is 18.7. The molecule has 1 fully saturated rings. The minimum atomic E-state index is -0.740. The van der Waals surface area contributed by atoms with Crippen molar-refractivity contribution in [3.8, 4) is 11.5 Å². The molecule has 0 radical (unpaired) electrons. The Morgan fingerprint density at radius 3 is 1.83 bits per heavy atom. The van der Waals surface area contributed by atoms with Gasteiger partial charge in [-0.15, -0.1) is 0 Å². The van der Waals surface area contributed by atoms with Crippen molar-refractivity contribution in [1.29, 1.82) is 0 Å². The van der Waals surface area contributed by atoms with E-state index in [0.717, 1.165) is 91.5 Å². The van der Waals surface area contributed by atoms with E-state index in [9.17, 15) is 24.9 Å². The molecular weight excluding hydrogens is 801 g/mol. The molecule has 3 aromatic rings. The number of fused-ring (bicyclic) bond motifs is 3. The summed E-state index contributed by atoms with van der Waals surface area (Å²) in [7, 11) is 0. The summed E-state index contributed by atoms with van der Waals surface area (Å²) < 4.78 is 12.8. The molecule has 9 heteroatoms. The first-order valence-corrected chi connectivity index (χ1v) is 25.5. The number of hydrogen-bond donors (Lipinski definition) is 4. The van der Waals surface area contributed by atoms with Crippen LogP contribution < -0.4 is 14.8 Å². The number of aliphatic hydroxyl groups excluding tert-OH is 3. The second kappa shape index (κ2) is 29.6. The van der Waals surface area contributed by atoms with E-state index in [1.165, 1.54) is 70.6 Å². The highest BCUT2D eigenvalue weighted by Crippen LogP contribution is 2.44. The molecule has 0 spiro atoms. The Kier molecular flexibility index (Phi) is 23.6. The number of benzene rings is 3. The summed E-state index contributed by atoms with van der Waals surface area (Å²) in [5.41, 5.74) is 4.39. The number of unbranched alkanes of at least 4 members (excludes halogenated alkanes) is 16. The third-order valence-electron chi connectivity index (χ3n) is 13.4. The average Bonchev–Trinajstić information content (AvgIpc) is 3.31. The van der Waals surface area contributed by atoms with Gasteiger partial charge in [-0.25, -0.2) is 0 Å². The van der Waals surface area contributed by atoms with Crippen LogP contribution in [-0.2, 0) is 29.2 Å². The third-order valence-corrected chi connectivity index (χ3v) is 13.4. The maximum atomic E-state index is 13.9. The number of carbonyl (C=O) groups is 2. The summed E-state index contributed by atoms with van der Waals surface area (Å²) in [5, 5.41) is 34.2. The average molecular weight is 883 g/mol. The van der Waals surface area contributed by atoms with Gasteiger partial charge < -0.3 is 35.0 Å². The van der Waals surface area contributed by atoms with Crippen molar-refractivity contribution < 1.29 is 34.4 Å². The molecule has 2 heterocycles. The van der Waals surface area contributed by atoms with E-state index >= 15 is 0 Å². The highest BCUT2D eigenvalue weighted by molar-refractivity contribution is 5.89. The van der Waals surface area contributed by atoms with Crippen molar-refractivity contribution in [2.75, 3.05) is 6.54 Å². The molecule has 0 aromatic heterocycles. The number of rotatable bonds is 33. The van der Waals surface area contributed by atoms with E-state index in [1.54, 1.807) is 0 Å². The Hall–Kier alpha value is -3.92. The molecule has 0 saturated carbocycles. The summed E-state index contributed by atoms with van der Waals surface area (Å²) >= 11 is 0. The van der Waals surface area contributed by atoms with Gasteiger partial charge in [0.05, 0.1) is 24.4 Å². The Balaban J connectivity index is 0.903. The first-order valence-electron chi connectivity index (χ1n) is 25.5. The van der Waals surface area contributed by atoms with Crippen molar-refractivity contribution >= 4 is 11.8 Å². The van der Waals surface area contributed by atoms with Gasteiger partial charge in [0.2, 0.25) is 11.8 Å². The molecule has 3 aromatic carbocycles. The zero-order valence-corrected chi connectivity index (χ0v) is 39.2. The first kappa shape index (κ1) is 51.1. The number of aliphatic hydroxyl groups is 3. The summed E-state index contributed by atoms with van der Waals surface area (Å²) in [6.07, 6.45) is 23.9. The number of nitrogens with zero attached hydrogens (tertiary/aromatic N) is 1. The number of carbonyl (C=O) groups excluding carboxylic acids is 2. The van der Waals surface area contributed by atoms with E-state index in [-0.39, 0.29) is 17.9 Å². The lowest BCUT2D eigenvalue weighted by Gasteiger charge is -2.44. The molecule has 0 bridgehead atoms. The van der Waals surface area contributed by atoms with E-state index in [4.69, 9.17) is 9.47 Å². The van der Waals surface area contributed by atoms with Crippen LogP contribution in [0.2, 0.25) is 0 Å². The molecule has 2 aliphatic rings. The Labute approximate surface area is 385 Å². The van der Waals surface area contributed by atoms with E-state index < -0.39 is 24.4 Å². The lowest BCUT2D eigenvalue weighted by molar-refractivity contribution is -0.142. The number of piperidine rings is 1. The Bertz CT molecular complexity index is 1740. The quantitative estimate of drug-likeness (QED) is 0.0448. The first-order chi connectivity index (χ1) is 31.3. The van der Waals surface area contributed by atoms with Gasteiger partial charge in [-0.2, -0.15) is 0 Å². The van der Waals surface area contributed by atoms with Crippen LogP contribution in [0, 0.1) is 0 Å². The molecule has 2 aliphatic heterocycles. The van der Waals surface area contributed by atoms with Gasteiger partial charge in [0.25, 0.3) is 0 Å². The highest BCUT2D eigenvalue weighted by atomic mass is 16.5. The zero-order valence-electron chi connectivity index (χ0n) is 39.2. The van der Waals surface area contributed by atoms with Crippen molar-refractivity contribution in [3.63, 3.8) is 0 Å². The fraction of sp³-hybridized carbons (Fsp3) is 0.636. The topological polar surface area (TPSA) is 129 Å². The molecule has 1 saturated heterocycles. The minimum absolute atomic E-state index is 0.000214. The fourth-order valence-electron chi connectivity index (χ4n) is 9.54. The molecule has 0 aliphatic carbocycles. The highest BCUT2D eigenvalue weighted by Gasteiger charge is 2.41. The minimum Gasteiger partial charge on any atom is -0.489 e. The van der Waals surface area contributed by atoms with Crippen molar-refractivity contribution in [2.24, 2.45) is 0 Å². The molecule has 5 rings (SSSR count). The van der Waals surface area contributed by atoms with Gasteiger partial charge in [-0.05, 0) is 74.1 Å². The largest absolute Gasteiger partial charge is 0.489 e. The zero-order chi connectivity index (χ0) is 45.2. The number of amides is 2. The maximum Gasteiger partial charge on any atom is 0.245 e. The molecule has 354 valence electrons. The molecule has 2 amide bonds. The molecule has 4 N–H and O–H groups in total. The number of ether oxygens (including phenoxy) is 2. The Morgan fingerprint density at radius 1 is 0.656 bits per heavy atom. The third kappa shape index (κ3) is 18.2. The van der Waals surface area contributed by atoms with Gasteiger partial charge >= 0.3 is 0 Å². The predicted octanol–water partition coefficient (Wildman–Crippen LogP) is 11.6. The molecule has 0 unspecified atom stereocenters. The predicted molar refractivity (Wildman–Crippen MR) is 257 cm³/mol. The van der Waals surface area contributed by atoms with Crippen LogP contribution in [0.1, 0.15) is 196 Å². The maximum absolute atomic E-state index is 13.9. The van der Waals surface area contributed by atoms with Crippen molar-refractivity contribution in [3.05, 3.63) is 95.1 Å². The van der Waals surface area contributed by atoms with Crippen LogP contribution in [0.15, 0.2) is 72.8 Å². The second-order valence-electron chi connectivity index (χ2n) is 18.7. The van der Waals surface area contributed by atoms with Gasteiger partial charge in [0, 0.05) is 24.6 Å². The monoisotopic (exact) mass is 883 g/mol. The summed E-state index contributed by atoms with van der Waals surface area (Å²) in [6, 6.07) is 23.7. The fourth-order valence-corrected chi connectivity index (χ4v) is 9.54.